The maximum absolute atomic E-state index is 2.89. The first-order valence-corrected chi connectivity index (χ1v) is 3.58. The van der Waals surface area contributed by atoms with E-state index in [-0.39, 0.29) is 17.1 Å². The fraction of sp³-hybridized carbons (Fsp3) is 0. The summed E-state index contributed by atoms with van der Waals surface area (Å²) < 4.78 is 0. The van der Waals surface area contributed by atoms with E-state index in [2.05, 4.69) is 6.07 Å². The van der Waals surface area contributed by atoms with Crippen LogP contribution in [0, 0.1) is 6.07 Å². The van der Waals surface area contributed by atoms with Crippen molar-refractivity contribution in [1.29, 1.82) is 0 Å². The fourth-order valence-electron chi connectivity index (χ4n) is 0.663. The Balaban J connectivity index is 0.000000189. The first kappa shape index (κ1) is 11.1. The Morgan fingerprint density at radius 2 is 1.33 bits per heavy atom. The van der Waals surface area contributed by atoms with Gasteiger partial charge < -0.3 is 0 Å². The molecule has 2 rings (SSSR count). The zero-order chi connectivity index (χ0) is 7.78. The first-order valence-electron chi connectivity index (χ1n) is 3.58. The van der Waals surface area contributed by atoms with Gasteiger partial charge in [-0.15, -0.1) is 0 Å². The van der Waals surface area contributed by atoms with Gasteiger partial charge in [0.15, 0.2) is 0 Å². The summed E-state index contributed by atoms with van der Waals surface area (Å²) in [6, 6.07) is 22.5. The van der Waals surface area contributed by atoms with E-state index in [1.807, 2.05) is 60.7 Å². The molecule has 1 heteroatoms. The zero-order valence-electron chi connectivity index (χ0n) is 6.65. The molecule has 0 aromatic heterocycles. The summed E-state index contributed by atoms with van der Waals surface area (Å²) in [5.74, 6) is 0. The van der Waals surface area contributed by atoms with E-state index in [1.54, 1.807) is 0 Å². The van der Waals surface area contributed by atoms with Crippen molar-refractivity contribution in [2.75, 3.05) is 0 Å². The summed E-state index contributed by atoms with van der Waals surface area (Å²) in [5, 5.41) is 0. The Kier molecular flexibility index (Phi) is 7.57. The Hall–Kier alpha value is -0.911. The van der Waals surface area contributed by atoms with Crippen LogP contribution in [0.4, 0.5) is 0 Å². The summed E-state index contributed by atoms with van der Waals surface area (Å²) >= 11 is 0. The SMILES string of the molecule is [Mn+2].[c-]1ccccc1.c1cc[cH-]c1. The minimum absolute atomic E-state index is 0. The normalized spacial score (nSPS) is 7.33. The Labute approximate surface area is 84.1 Å². The van der Waals surface area contributed by atoms with Gasteiger partial charge in [0.1, 0.15) is 0 Å². The first-order chi connectivity index (χ1) is 5.50. The number of rotatable bonds is 0. The fourth-order valence-corrected chi connectivity index (χ4v) is 0.663. The molecule has 0 nitrogen and oxygen atoms in total. The van der Waals surface area contributed by atoms with Crippen molar-refractivity contribution in [3.63, 3.8) is 0 Å². The molecule has 0 saturated carbocycles. The molecule has 61 valence electrons. The molecule has 0 N–H and O–H groups in total. The molecule has 2 aromatic carbocycles. The molecule has 0 fully saturated rings. The van der Waals surface area contributed by atoms with E-state index >= 15 is 0 Å². The third-order valence-electron chi connectivity index (χ3n) is 1.16. The molecule has 0 aliphatic rings. The molecular weight excluding hydrogens is 187 g/mol. The van der Waals surface area contributed by atoms with E-state index in [9.17, 15) is 0 Å². The van der Waals surface area contributed by atoms with Crippen molar-refractivity contribution in [2.24, 2.45) is 0 Å². The molecule has 1 radical (unpaired) electrons. The largest absolute Gasteiger partial charge is 2.00 e. The van der Waals surface area contributed by atoms with Crippen molar-refractivity contribution in [1.82, 2.24) is 0 Å². The summed E-state index contributed by atoms with van der Waals surface area (Å²) in [6.07, 6.45) is 0. The van der Waals surface area contributed by atoms with Crippen LogP contribution in [-0.2, 0) is 17.1 Å². The van der Waals surface area contributed by atoms with Crippen LogP contribution in [0.1, 0.15) is 0 Å². The van der Waals surface area contributed by atoms with Gasteiger partial charge in [-0.3, -0.25) is 0 Å². The second-order valence-corrected chi connectivity index (χ2v) is 2.04. The maximum atomic E-state index is 2.89. The van der Waals surface area contributed by atoms with Crippen molar-refractivity contribution in [2.45, 2.75) is 0 Å². The van der Waals surface area contributed by atoms with Crippen molar-refractivity contribution >= 4 is 0 Å². The van der Waals surface area contributed by atoms with Crippen molar-refractivity contribution in [3.05, 3.63) is 66.7 Å². The second kappa shape index (κ2) is 8.19. The molecule has 0 saturated heterocycles. The van der Waals surface area contributed by atoms with Gasteiger partial charge in [0.2, 0.25) is 0 Å². The van der Waals surface area contributed by atoms with Gasteiger partial charge in [0, 0.05) is 0 Å². The molecule has 0 heterocycles. The minimum atomic E-state index is 0. The summed E-state index contributed by atoms with van der Waals surface area (Å²) in [4.78, 5) is 0. The molecule has 0 spiro atoms. The molecule has 0 aliphatic heterocycles. The Morgan fingerprint density at radius 1 is 0.750 bits per heavy atom. The van der Waals surface area contributed by atoms with Gasteiger partial charge >= 0.3 is 17.1 Å². The third kappa shape index (κ3) is 5.84. The van der Waals surface area contributed by atoms with Crippen LogP contribution in [-0.4, -0.2) is 0 Å². The summed E-state index contributed by atoms with van der Waals surface area (Å²) in [5.41, 5.74) is 0. The number of benzene rings is 1. The van der Waals surface area contributed by atoms with Crippen molar-refractivity contribution in [3.8, 4) is 0 Å². The number of hydrogen-bond donors (Lipinski definition) is 0. The van der Waals surface area contributed by atoms with Crippen LogP contribution in [0.15, 0.2) is 60.7 Å². The van der Waals surface area contributed by atoms with E-state index in [4.69, 9.17) is 0 Å². The van der Waals surface area contributed by atoms with E-state index in [0.29, 0.717) is 0 Å². The predicted molar refractivity (Wildman–Crippen MR) is 47.3 cm³/mol. The summed E-state index contributed by atoms with van der Waals surface area (Å²) in [7, 11) is 0. The standard InChI is InChI=1S/C6H5.C5H5.Mn/c1-2-4-6-5-3-1;1-2-4-5-3-1;/h1-5H;1-5H;/q2*-1;+2. The summed E-state index contributed by atoms with van der Waals surface area (Å²) in [6.45, 7) is 0. The van der Waals surface area contributed by atoms with Gasteiger partial charge in [0.05, 0.1) is 0 Å². The van der Waals surface area contributed by atoms with E-state index in [1.165, 1.54) is 0 Å². The van der Waals surface area contributed by atoms with Crippen LogP contribution in [0.3, 0.4) is 0 Å². The molecule has 0 aliphatic carbocycles. The smallest absolute Gasteiger partial charge is 0.214 e. The molecule has 0 bridgehead atoms. The van der Waals surface area contributed by atoms with Crippen LogP contribution in [0.25, 0.3) is 0 Å². The van der Waals surface area contributed by atoms with Crippen LogP contribution < -0.4 is 0 Å². The van der Waals surface area contributed by atoms with Crippen LogP contribution in [0.5, 0.6) is 0 Å². The maximum Gasteiger partial charge on any atom is 2.00 e. The number of hydrogen-bond acceptors (Lipinski definition) is 0. The third-order valence-corrected chi connectivity index (χ3v) is 1.16. The van der Waals surface area contributed by atoms with Crippen molar-refractivity contribution < 1.29 is 17.1 Å². The molecule has 2 aromatic rings. The Bertz CT molecular complexity index is 191. The minimum Gasteiger partial charge on any atom is -0.214 e. The molecule has 0 unspecified atom stereocenters. The van der Waals surface area contributed by atoms with Gasteiger partial charge in [-0.05, 0) is 0 Å². The van der Waals surface area contributed by atoms with Gasteiger partial charge in [-0.1, -0.05) is 0 Å². The zero-order valence-corrected chi connectivity index (χ0v) is 7.83. The van der Waals surface area contributed by atoms with Gasteiger partial charge in [-0.2, -0.15) is 54.6 Å². The average Bonchev–Trinajstić information content (AvgIpc) is 2.64. The molecule has 0 atom stereocenters. The molecule has 0 amide bonds. The van der Waals surface area contributed by atoms with Crippen LogP contribution in [0.2, 0.25) is 0 Å². The predicted octanol–water partition coefficient (Wildman–Crippen LogP) is 2.89. The Morgan fingerprint density at radius 3 is 1.50 bits per heavy atom. The molecular formula is C11H10Mn. The molecule has 12 heavy (non-hydrogen) atoms. The second-order valence-electron chi connectivity index (χ2n) is 2.04. The van der Waals surface area contributed by atoms with Crippen LogP contribution >= 0.6 is 0 Å². The van der Waals surface area contributed by atoms with Gasteiger partial charge in [-0.25, -0.2) is 12.1 Å². The topological polar surface area (TPSA) is 0 Å². The quantitative estimate of drug-likeness (QED) is 0.450. The van der Waals surface area contributed by atoms with E-state index < -0.39 is 0 Å². The van der Waals surface area contributed by atoms with E-state index in [0.717, 1.165) is 0 Å². The average molecular weight is 197 g/mol. The monoisotopic (exact) mass is 197 g/mol. The van der Waals surface area contributed by atoms with Gasteiger partial charge in [0.25, 0.3) is 0 Å².